The second-order valence-corrected chi connectivity index (χ2v) is 8.56. The molecule has 1 nitrogen and oxygen atoms in total. The molecule has 1 aliphatic carbocycles. The van der Waals surface area contributed by atoms with E-state index < -0.39 is 0 Å². The van der Waals surface area contributed by atoms with Gasteiger partial charge in [-0.05, 0) is 62.3 Å². The number of para-hydroxylation sites is 1. The molecule has 1 aliphatic rings. The molecule has 31 heavy (non-hydrogen) atoms. The normalized spacial score (nSPS) is 12.5. The van der Waals surface area contributed by atoms with Crippen molar-refractivity contribution < 1.29 is 0 Å². The Bertz CT molecular complexity index is 1870. The Morgan fingerprint density at radius 1 is 0.355 bits per heavy atom. The topological polar surface area (TPSA) is 4.93 Å². The molecule has 142 valence electrons. The van der Waals surface area contributed by atoms with Gasteiger partial charge in [-0.3, -0.25) is 0 Å². The van der Waals surface area contributed by atoms with Crippen molar-refractivity contribution in [1.29, 1.82) is 0 Å². The number of aromatic nitrogens is 1. The first-order chi connectivity index (χ1) is 15.4. The Hall–Kier alpha value is -4.10. The van der Waals surface area contributed by atoms with Crippen LogP contribution >= 0.6 is 0 Å². The predicted octanol–water partition coefficient (Wildman–Crippen LogP) is 8.22. The molecule has 0 amide bonds. The van der Waals surface area contributed by atoms with Gasteiger partial charge in [0.05, 0.1) is 11.0 Å². The third kappa shape index (κ3) is 1.79. The van der Waals surface area contributed by atoms with Crippen LogP contribution in [0, 0.1) is 0 Å². The van der Waals surface area contributed by atoms with Gasteiger partial charge in [-0.1, -0.05) is 78.9 Å². The lowest BCUT2D eigenvalue weighted by molar-refractivity contribution is 1.18. The molecule has 0 fully saturated rings. The Labute approximate surface area is 178 Å². The van der Waals surface area contributed by atoms with E-state index in [-0.39, 0.29) is 0 Å². The summed E-state index contributed by atoms with van der Waals surface area (Å²) in [6, 6.07) is 38.0. The summed E-state index contributed by atoms with van der Waals surface area (Å²) in [6.07, 6.45) is 0. The minimum absolute atomic E-state index is 1.21. The minimum Gasteiger partial charge on any atom is -0.309 e. The molecule has 8 rings (SSSR count). The van der Waals surface area contributed by atoms with Gasteiger partial charge in [-0.15, -0.1) is 0 Å². The molecule has 0 unspecified atom stereocenters. The van der Waals surface area contributed by atoms with Crippen LogP contribution in [0.25, 0.3) is 70.9 Å². The predicted molar refractivity (Wildman–Crippen MR) is 132 cm³/mol. The summed E-state index contributed by atoms with van der Waals surface area (Å²) in [5.41, 5.74) is 6.42. The summed E-state index contributed by atoms with van der Waals surface area (Å²) in [5.74, 6) is 0. The highest BCUT2D eigenvalue weighted by atomic mass is 15.0. The van der Waals surface area contributed by atoms with Crippen molar-refractivity contribution in [2.75, 3.05) is 0 Å². The molecule has 0 spiro atoms. The van der Waals surface area contributed by atoms with Gasteiger partial charge in [-0.2, -0.15) is 0 Å². The van der Waals surface area contributed by atoms with Crippen molar-refractivity contribution in [3.05, 3.63) is 103 Å². The fourth-order valence-electron chi connectivity index (χ4n) is 5.86. The van der Waals surface area contributed by atoms with Crippen LogP contribution in [-0.2, 0) is 0 Å². The maximum absolute atomic E-state index is 2.43. The fraction of sp³-hybridized carbons (Fsp3) is 0. The summed E-state index contributed by atoms with van der Waals surface area (Å²) in [4.78, 5) is 0. The van der Waals surface area contributed by atoms with Gasteiger partial charge in [0.2, 0.25) is 0 Å². The van der Waals surface area contributed by atoms with E-state index in [2.05, 4.69) is 108 Å². The Balaban J connectivity index is 1.80. The molecule has 0 aliphatic heterocycles. The van der Waals surface area contributed by atoms with E-state index in [1.807, 2.05) is 0 Å². The van der Waals surface area contributed by atoms with Crippen molar-refractivity contribution in [3.8, 4) is 16.8 Å². The van der Waals surface area contributed by atoms with Gasteiger partial charge in [0.25, 0.3) is 0 Å². The molecule has 0 N–H and O–H groups in total. The van der Waals surface area contributed by atoms with Crippen molar-refractivity contribution in [2.24, 2.45) is 0 Å². The Morgan fingerprint density at radius 3 is 1.71 bits per heavy atom. The highest BCUT2D eigenvalue weighted by Crippen LogP contribution is 2.49. The van der Waals surface area contributed by atoms with Crippen molar-refractivity contribution in [1.82, 2.24) is 4.57 Å². The first-order valence-electron chi connectivity index (χ1n) is 10.8. The van der Waals surface area contributed by atoms with Gasteiger partial charge >= 0.3 is 0 Å². The first-order valence-corrected chi connectivity index (χ1v) is 10.8. The molecular formula is C30H17N. The summed E-state index contributed by atoms with van der Waals surface area (Å²) in [6.45, 7) is 0. The lowest BCUT2D eigenvalue weighted by Crippen LogP contribution is -1.93. The van der Waals surface area contributed by atoms with Crippen molar-refractivity contribution in [2.45, 2.75) is 0 Å². The van der Waals surface area contributed by atoms with E-state index in [1.54, 1.807) is 0 Å². The van der Waals surface area contributed by atoms with Crippen LogP contribution in [0.3, 0.4) is 0 Å². The largest absolute Gasteiger partial charge is 0.309 e. The molecule has 0 bridgehead atoms. The molecule has 0 saturated heterocycles. The van der Waals surface area contributed by atoms with Crippen LogP contribution in [0.15, 0.2) is 103 Å². The molecule has 1 heteroatoms. The second kappa shape index (κ2) is 5.33. The highest BCUT2D eigenvalue weighted by molar-refractivity contribution is 6.38. The number of nitrogens with zero attached hydrogens (tertiary/aromatic N) is 1. The highest BCUT2D eigenvalue weighted by Gasteiger charge is 2.23. The number of hydrogen-bond donors (Lipinski definition) is 0. The Kier molecular flexibility index (Phi) is 2.70. The molecule has 0 atom stereocenters. The first kappa shape index (κ1) is 15.7. The number of hydrogen-bond acceptors (Lipinski definition) is 0. The molecule has 0 radical (unpaired) electrons. The zero-order valence-corrected chi connectivity index (χ0v) is 16.8. The summed E-state index contributed by atoms with van der Waals surface area (Å²) in [5, 5.41) is 10.8. The average molecular weight is 391 g/mol. The zero-order valence-electron chi connectivity index (χ0n) is 16.8. The van der Waals surface area contributed by atoms with Gasteiger partial charge in [0.15, 0.2) is 0 Å². The molecule has 6 aromatic carbocycles. The monoisotopic (exact) mass is 391 g/mol. The van der Waals surface area contributed by atoms with E-state index >= 15 is 0 Å². The minimum atomic E-state index is 1.21. The van der Waals surface area contributed by atoms with Crippen LogP contribution in [0.1, 0.15) is 0 Å². The van der Waals surface area contributed by atoms with Gasteiger partial charge in [0, 0.05) is 21.8 Å². The Morgan fingerprint density at radius 2 is 0.935 bits per heavy atom. The number of fused-ring (bicyclic) bond motifs is 1. The van der Waals surface area contributed by atoms with E-state index in [0.717, 1.165) is 0 Å². The quantitative estimate of drug-likeness (QED) is 0.248. The second-order valence-electron chi connectivity index (χ2n) is 8.56. The third-order valence-corrected chi connectivity index (χ3v) is 7.06. The summed E-state index contributed by atoms with van der Waals surface area (Å²) < 4.78 is 2.43. The standard InChI is InChI=1S/C30H17N/c1-2-7-21(8-3-1)31-24-11-5-10-23-22-9-4-6-18-12-13-19-14-15-20-16-17-25(31)30(29(23)24)28(20)27(19)26(18)22/h1-17H. The van der Waals surface area contributed by atoms with Crippen LogP contribution in [0.2, 0.25) is 0 Å². The van der Waals surface area contributed by atoms with Gasteiger partial charge in [0.1, 0.15) is 0 Å². The van der Waals surface area contributed by atoms with Crippen LogP contribution in [0.4, 0.5) is 0 Å². The molecule has 0 saturated carbocycles. The SMILES string of the molecule is c1ccc(-n2c3cccc4c3c3c5c(ccc6ccc7cccc-4c7c65)ccc32)cc1. The molecule has 1 aromatic heterocycles. The van der Waals surface area contributed by atoms with Crippen molar-refractivity contribution >= 4 is 54.1 Å². The smallest absolute Gasteiger partial charge is 0.0548 e. The average Bonchev–Trinajstić information content (AvgIpc) is 3.11. The third-order valence-electron chi connectivity index (χ3n) is 7.06. The maximum Gasteiger partial charge on any atom is 0.0548 e. The van der Waals surface area contributed by atoms with Gasteiger partial charge in [-0.25, -0.2) is 0 Å². The zero-order chi connectivity index (χ0) is 20.1. The number of rotatable bonds is 1. The van der Waals surface area contributed by atoms with E-state index in [4.69, 9.17) is 0 Å². The summed E-state index contributed by atoms with van der Waals surface area (Å²) >= 11 is 0. The van der Waals surface area contributed by atoms with E-state index in [9.17, 15) is 0 Å². The van der Waals surface area contributed by atoms with Gasteiger partial charge < -0.3 is 4.57 Å². The van der Waals surface area contributed by atoms with Crippen molar-refractivity contribution in [3.63, 3.8) is 0 Å². The lowest BCUT2D eigenvalue weighted by Gasteiger charge is -2.13. The summed E-state index contributed by atoms with van der Waals surface area (Å²) in [7, 11) is 0. The maximum atomic E-state index is 2.43. The molecule has 7 aromatic rings. The number of benzene rings is 6. The van der Waals surface area contributed by atoms with Crippen LogP contribution in [0.5, 0.6) is 0 Å². The fourth-order valence-corrected chi connectivity index (χ4v) is 5.86. The van der Waals surface area contributed by atoms with Crippen LogP contribution in [-0.4, -0.2) is 4.57 Å². The molecule has 1 heterocycles. The lowest BCUT2D eigenvalue weighted by atomic mass is 9.93. The molecular weight excluding hydrogens is 374 g/mol. The van der Waals surface area contributed by atoms with E-state index in [0.29, 0.717) is 0 Å². The van der Waals surface area contributed by atoms with E-state index in [1.165, 1.54) is 70.9 Å². The van der Waals surface area contributed by atoms with Crippen LogP contribution < -0.4 is 0 Å².